The van der Waals surface area contributed by atoms with Gasteiger partial charge in [-0.15, -0.1) is 11.3 Å². The monoisotopic (exact) mass is 264 g/mol. The van der Waals surface area contributed by atoms with Crippen LogP contribution >= 0.6 is 11.3 Å². The van der Waals surface area contributed by atoms with Crippen LogP contribution in [-0.4, -0.2) is 11.5 Å². The van der Waals surface area contributed by atoms with Gasteiger partial charge in [-0.1, -0.05) is 6.92 Å². The Hall–Kier alpha value is -1.13. The summed E-state index contributed by atoms with van der Waals surface area (Å²) in [6.07, 6.45) is 3.92. The van der Waals surface area contributed by atoms with E-state index < -0.39 is 0 Å². The quantitative estimate of drug-likeness (QED) is 0.865. The van der Waals surface area contributed by atoms with Crippen molar-refractivity contribution in [2.45, 2.75) is 39.7 Å². The molecular weight excluding hydrogens is 244 g/mol. The molecule has 0 fully saturated rings. The van der Waals surface area contributed by atoms with Crippen molar-refractivity contribution in [2.75, 3.05) is 6.54 Å². The Balaban J connectivity index is 2.16. The van der Waals surface area contributed by atoms with E-state index in [0.717, 1.165) is 30.9 Å². The molecule has 98 valence electrons. The molecule has 2 rings (SSSR count). The van der Waals surface area contributed by atoms with Gasteiger partial charge in [0.25, 0.3) is 0 Å². The summed E-state index contributed by atoms with van der Waals surface area (Å²) in [6.45, 7) is 7.22. The number of aromatic nitrogens is 1. The van der Waals surface area contributed by atoms with Crippen LogP contribution in [0.3, 0.4) is 0 Å². The van der Waals surface area contributed by atoms with Gasteiger partial charge in [0.2, 0.25) is 0 Å². The number of hydrogen-bond donors (Lipinski definition) is 1. The third-order valence-corrected chi connectivity index (χ3v) is 3.76. The van der Waals surface area contributed by atoms with Crippen molar-refractivity contribution in [3.05, 3.63) is 39.7 Å². The second-order valence-electron chi connectivity index (χ2n) is 4.51. The van der Waals surface area contributed by atoms with Crippen LogP contribution in [0.1, 0.15) is 41.5 Å². The van der Waals surface area contributed by atoms with E-state index in [9.17, 15) is 0 Å². The molecule has 0 aromatic carbocycles. The van der Waals surface area contributed by atoms with E-state index >= 15 is 0 Å². The zero-order chi connectivity index (χ0) is 13.0. The van der Waals surface area contributed by atoms with Gasteiger partial charge >= 0.3 is 0 Å². The number of nitrogens with one attached hydrogen (secondary N) is 1. The molecule has 0 amide bonds. The molecule has 0 saturated heterocycles. The van der Waals surface area contributed by atoms with E-state index in [2.05, 4.69) is 23.3 Å². The molecule has 0 aliphatic carbocycles. The molecule has 3 nitrogen and oxygen atoms in total. The second-order valence-corrected chi connectivity index (χ2v) is 5.48. The zero-order valence-corrected chi connectivity index (χ0v) is 12.0. The Labute approximate surface area is 112 Å². The fraction of sp³-hybridized carbons (Fsp3) is 0.500. The highest BCUT2D eigenvalue weighted by atomic mass is 32.1. The van der Waals surface area contributed by atoms with Gasteiger partial charge in [0.1, 0.15) is 11.5 Å². The number of rotatable bonds is 6. The Morgan fingerprint density at radius 3 is 2.83 bits per heavy atom. The summed E-state index contributed by atoms with van der Waals surface area (Å²) in [5.41, 5.74) is 1.26. The number of thiazole rings is 1. The summed E-state index contributed by atoms with van der Waals surface area (Å²) < 4.78 is 5.64. The number of aryl methyl sites for hydroxylation is 2. The van der Waals surface area contributed by atoms with Crippen LogP contribution in [0.2, 0.25) is 0 Å². The molecule has 0 bridgehead atoms. The standard InChI is InChI=1S/C14H20N2OS/c1-4-5-15-13(9-14-16-6-7-18-14)12-8-10(2)17-11(12)3/h6-8,13,15H,4-5,9H2,1-3H3. The van der Waals surface area contributed by atoms with E-state index in [1.807, 2.05) is 25.4 Å². The van der Waals surface area contributed by atoms with Gasteiger partial charge in [-0.2, -0.15) is 0 Å². The van der Waals surface area contributed by atoms with Crippen molar-refractivity contribution in [3.8, 4) is 0 Å². The predicted octanol–water partition coefficient (Wildman–Crippen LogP) is 3.64. The van der Waals surface area contributed by atoms with Crippen LogP contribution in [0.25, 0.3) is 0 Å². The molecule has 0 spiro atoms. The smallest absolute Gasteiger partial charge is 0.105 e. The van der Waals surface area contributed by atoms with Crippen LogP contribution in [0.4, 0.5) is 0 Å². The second kappa shape index (κ2) is 6.16. The number of hydrogen-bond acceptors (Lipinski definition) is 4. The molecule has 0 radical (unpaired) electrons. The van der Waals surface area contributed by atoms with E-state index in [0.29, 0.717) is 6.04 Å². The summed E-state index contributed by atoms with van der Waals surface area (Å²) in [6, 6.07) is 2.43. The Morgan fingerprint density at radius 2 is 2.28 bits per heavy atom. The molecule has 1 N–H and O–H groups in total. The van der Waals surface area contributed by atoms with Crippen molar-refractivity contribution in [1.29, 1.82) is 0 Å². The van der Waals surface area contributed by atoms with E-state index in [4.69, 9.17) is 4.42 Å². The van der Waals surface area contributed by atoms with E-state index in [1.165, 1.54) is 10.6 Å². The van der Waals surface area contributed by atoms with Gasteiger partial charge in [0.15, 0.2) is 0 Å². The van der Waals surface area contributed by atoms with Gasteiger partial charge in [-0.25, -0.2) is 4.98 Å². The largest absolute Gasteiger partial charge is 0.466 e. The molecule has 18 heavy (non-hydrogen) atoms. The highest BCUT2D eigenvalue weighted by Gasteiger charge is 2.18. The van der Waals surface area contributed by atoms with Crippen LogP contribution in [0, 0.1) is 13.8 Å². The number of furan rings is 1. The average molecular weight is 264 g/mol. The molecule has 2 heterocycles. The van der Waals surface area contributed by atoms with E-state index in [1.54, 1.807) is 11.3 Å². The molecule has 1 atom stereocenters. The third kappa shape index (κ3) is 3.21. The summed E-state index contributed by atoms with van der Waals surface area (Å²) in [5.74, 6) is 1.99. The minimum atomic E-state index is 0.300. The Kier molecular flexibility index (Phi) is 4.55. The molecule has 0 aliphatic heterocycles. The van der Waals surface area contributed by atoms with Crippen molar-refractivity contribution in [3.63, 3.8) is 0 Å². The lowest BCUT2D eigenvalue weighted by molar-refractivity contribution is 0.480. The van der Waals surface area contributed by atoms with Gasteiger partial charge in [-0.3, -0.25) is 0 Å². The first-order chi connectivity index (χ1) is 8.70. The first-order valence-electron chi connectivity index (χ1n) is 6.39. The lowest BCUT2D eigenvalue weighted by Crippen LogP contribution is -2.24. The lowest BCUT2D eigenvalue weighted by atomic mass is 10.0. The normalized spacial score (nSPS) is 12.8. The maximum absolute atomic E-state index is 5.64. The fourth-order valence-electron chi connectivity index (χ4n) is 2.14. The van der Waals surface area contributed by atoms with Crippen molar-refractivity contribution < 1.29 is 4.42 Å². The van der Waals surface area contributed by atoms with Crippen molar-refractivity contribution in [2.24, 2.45) is 0 Å². The van der Waals surface area contributed by atoms with Crippen LogP contribution < -0.4 is 5.32 Å². The topological polar surface area (TPSA) is 38.1 Å². The highest BCUT2D eigenvalue weighted by Crippen LogP contribution is 2.25. The summed E-state index contributed by atoms with van der Waals surface area (Å²) in [7, 11) is 0. The fourth-order valence-corrected chi connectivity index (χ4v) is 2.80. The minimum Gasteiger partial charge on any atom is -0.466 e. The molecular formula is C14H20N2OS. The summed E-state index contributed by atoms with van der Waals surface area (Å²) in [4.78, 5) is 4.37. The SMILES string of the molecule is CCCNC(Cc1nccs1)c1cc(C)oc1C. The van der Waals surface area contributed by atoms with Crippen molar-refractivity contribution in [1.82, 2.24) is 10.3 Å². The summed E-state index contributed by atoms with van der Waals surface area (Å²) >= 11 is 1.71. The Bertz CT molecular complexity index is 476. The molecule has 1 unspecified atom stereocenters. The molecule has 4 heteroatoms. The predicted molar refractivity (Wildman–Crippen MR) is 75.0 cm³/mol. The third-order valence-electron chi connectivity index (χ3n) is 2.96. The summed E-state index contributed by atoms with van der Waals surface area (Å²) in [5, 5.41) is 6.78. The highest BCUT2D eigenvalue weighted by molar-refractivity contribution is 7.09. The van der Waals surface area contributed by atoms with Gasteiger partial charge < -0.3 is 9.73 Å². The van der Waals surface area contributed by atoms with Crippen LogP contribution in [-0.2, 0) is 6.42 Å². The van der Waals surface area contributed by atoms with Gasteiger partial charge in [0.05, 0.1) is 5.01 Å². The molecule has 2 aromatic rings. The molecule has 2 aromatic heterocycles. The first kappa shape index (κ1) is 13.3. The maximum atomic E-state index is 5.64. The van der Waals surface area contributed by atoms with Gasteiger partial charge in [-0.05, 0) is 32.9 Å². The molecule has 0 aliphatic rings. The van der Waals surface area contributed by atoms with Gasteiger partial charge in [0, 0.05) is 29.6 Å². The number of nitrogens with zero attached hydrogens (tertiary/aromatic N) is 1. The van der Waals surface area contributed by atoms with Crippen molar-refractivity contribution >= 4 is 11.3 Å². The van der Waals surface area contributed by atoms with Crippen LogP contribution in [0.5, 0.6) is 0 Å². The average Bonchev–Trinajstić information content (AvgIpc) is 2.94. The molecule has 0 saturated carbocycles. The Morgan fingerprint density at radius 1 is 1.44 bits per heavy atom. The lowest BCUT2D eigenvalue weighted by Gasteiger charge is -2.16. The van der Waals surface area contributed by atoms with Crippen LogP contribution in [0.15, 0.2) is 22.1 Å². The minimum absolute atomic E-state index is 0.300. The zero-order valence-electron chi connectivity index (χ0n) is 11.2. The first-order valence-corrected chi connectivity index (χ1v) is 7.27. The van der Waals surface area contributed by atoms with E-state index in [-0.39, 0.29) is 0 Å². The maximum Gasteiger partial charge on any atom is 0.105 e.